The number of hydrogen-bond acceptors (Lipinski definition) is 0. The molecule has 0 aliphatic heterocycles. The fraction of sp³-hybridized carbons (Fsp3) is 0.857. The van der Waals surface area contributed by atoms with E-state index < -0.39 is 37.3 Å². The van der Waals surface area contributed by atoms with Gasteiger partial charge in [0.1, 0.15) is 6.42 Å². The Morgan fingerprint density at radius 1 is 0.714 bits per heavy atom. The van der Waals surface area contributed by atoms with E-state index in [1.165, 1.54) is 0 Å². The van der Waals surface area contributed by atoms with Gasteiger partial charge in [0.15, 0.2) is 0 Å². The summed E-state index contributed by atoms with van der Waals surface area (Å²) in [5.74, 6) is -8.31. The average Bonchev–Trinajstić information content (AvgIpc) is 1.78. The minimum Gasteiger partial charge on any atom is -0.207 e. The summed E-state index contributed by atoms with van der Waals surface area (Å²) in [4.78, 5) is 0. The first kappa shape index (κ1) is 13.5. The molecule has 0 rings (SSSR count). The van der Waals surface area contributed by atoms with Crippen LogP contribution in [0.1, 0.15) is 19.3 Å². The van der Waals surface area contributed by atoms with E-state index >= 15 is 0 Å². The highest BCUT2D eigenvalue weighted by atomic mass is 19.4. The Kier molecular flexibility index (Phi) is 3.80. The molecule has 0 aromatic carbocycles. The molecule has 0 aromatic rings. The first-order chi connectivity index (χ1) is 5.97. The minimum atomic E-state index is -5.15. The number of rotatable bonds is 4. The number of hydrogen-bond donors (Lipinski definition) is 0. The van der Waals surface area contributed by atoms with E-state index in [0.717, 1.165) is 0 Å². The van der Waals surface area contributed by atoms with Crippen molar-refractivity contribution < 1.29 is 30.7 Å². The lowest BCUT2D eigenvalue weighted by atomic mass is 10.1. The second-order valence-electron chi connectivity index (χ2n) is 2.93. The summed E-state index contributed by atoms with van der Waals surface area (Å²) >= 11 is 0. The molecular formula is C7H8F7. The van der Waals surface area contributed by atoms with E-state index in [9.17, 15) is 30.7 Å². The lowest BCUT2D eigenvalue weighted by Gasteiger charge is -2.22. The molecule has 0 aliphatic rings. The zero-order chi connectivity index (χ0) is 11.6. The lowest BCUT2D eigenvalue weighted by Crippen LogP contribution is -2.33. The number of halogens is 7. The van der Waals surface area contributed by atoms with Gasteiger partial charge in [-0.3, -0.25) is 0 Å². The normalized spacial score (nSPS) is 14.6. The Hall–Kier alpha value is -0.490. The topological polar surface area (TPSA) is 0 Å². The molecule has 0 amide bonds. The zero-order valence-electron chi connectivity index (χ0n) is 6.97. The van der Waals surface area contributed by atoms with Crippen molar-refractivity contribution in [1.82, 2.24) is 0 Å². The molecule has 0 heterocycles. The van der Waals surface area contributed by atoms with Gasteiger partial charge in [-0.1, -0.05) is 0 Å². The summed E-state index contributed by atoms with van der Waals surface area (Å²) in [5, 5.41) is 0. The van der Waals surface area contributed by atoms with E-state index in [4.69, 9.17) is 0 Å². The summed E-state index contributed by atoms with van der Waals surface area (Å²) in [6, 6.07) is 0. The highest BCUT2D eigenvalue weighted by molar-refractivity contribution is 4.80. The number of alkyl halides is 7. The molecule has 0 saturated heterocycles. The van der Waals surface area contributed by atoms with Crippen LogP contribution in [-0.4, -0.2) is 18.0 Å². The summed E-state index contributed by atoms with van der Waals surface area (Å²) in [6.07, 6.45) is -11.0. The van der Waals surface area contributed by atoms with Gasteiger partial charge in [-0.15, -0.1) is 0 Å². The summed E-state index contributed by atoms with van der Waals surface area (Å²) in [7, 11) is 0. The van der Waals surface area contributed by atoms with Crippen LogP contribution in [-0.2, 0) is 0 Å². The third-order valence-corrected chi connectivity index (χ3v) is 1.34. The Labute approximate surface area is 76.1 Å². The molecule has 0 saturated carbocycles. The molecule has 0 N–H and O–H groups in total. The van der Waals surface area contributed by atoms with Crippen LogP contribution in [0, 0.1) is 6.92 Å². The van der Waals surface area contributed by atoms with Crippen molar-refractivity contribution >= 4 is 0 Å². The van der Waals surface area contributed by atoms with Gasteiger partial charge in [-0.2, -0.15) is 13.2 Å². The summed E-state index contributed by atoms with van der Waals surface area (Å²) in [6.45, 7) is 2.67. The predicted octanol–water partition coefficient (Wildman–Crippen LogP) is 3.82. The molecule has 0 atom stereocenters. The van der Waals surface area contributed by atoms with Crippen molar-refractivity contribution in [2.24, 2.45) is 0 Å². The van der Waals surface area contributed by atoms with Crippen LogP contribution in [0.3, 0.4) is 0 Å². The second-order valence-corrected chi connectivity index (χ2v) is 2.93. The van der Waals surface area contributed by atoms with E-state index in [-0.39, 0.29) is 0 Å². The van der Waals surface area contributed by atoms with Crippen LogP contribution >= 0.6 is 0 Å². The highest BCUT2D eigenvalue weighted by Gasteiger charge is 2.49. The molecule has 0 nitrogen and oxygen atoms in total. The third-order valence-electron chi connectivity index (χ3n) is 1.34. The van der Waals surface area contributed by atoms with Crippen LogP contribution < -0.4 is 0 Å². The van der Waals surface area contributed by atoms with Crippen molar-refractivity contribution in [3.05, 3.63) is 6.92 Å². The summed E-state index contributed by atoms with van der Waals surface area (Å²) < 4.78 is 83.8. The molecule has 0 aromatic heterocycles. The van der Waals surface area contributed by atoms with Crippen LogP contribution in [0.4, 0.5) is 30.7 Å². The van der Waals surface area contributed by atoms with Crippen molar-refractivity contribution in [1.29, 1.82) is 0 Å². The van der Waals surface area contributed by atoms with Crippen LogP contribution in [0.15, 0.2) is 0 Å². The fourth-order valence-electron chi connectivity index (χ4n) is 0.823. The molecule has 0 spiro atoms. The second kappa shape index (κ2) is 3.94. The SMILES string of the molecule is [CH2]CC(F)(F)CC(F)(F)CC(F)(F)F. The Morgan fingerprint density at radius 3 is 1.43 bits per heavy atom. The maximum Gasteiger partial charge on any atom is 0.394 e. The van der Waals surface area contributed by atoms with Gasteiger partial charge in [-0.05, 0) is 6.92 Å². The van der Waals surface area contributed by atoms with Crippen molar-refractivity contribution in [2.75, 3.05) is 0 Å². The molecule has 85 valence electrons. The van der Waals surface area contributed by atoms with Gasteiger partial charge in [0.2, 0.25) is 0 Å². The van der Waals surface area contributed by atoms with E-state index in [1.54, 1.807) is 0 Å². The molecule has 7 heteroatoms. The van der Waals surface area contributed by atoms with Gasteiger partial charge >= 0.3 is 6.18 Å². The van der Waals surface area contributed by atoms with Gasteiger partial charge in [0, 0.05) is 6.42 Å². The monoisotopic (exact) mass is 225 g/mol. The molecule has 0 unspecified atom stereocenters. The minimum absolute atomic E-state index is 1.15. The lowest BCUT2D eigenvalue weighted by molar-refractivity contribution is -0.205. The standard InChI is InChI=1S/C7H8F7/c1-2-5(8,9)3-6(10,11)4-7(12,13)14/h1-4H2. The van der Waals surface area contributed by atoms with Gasteiger partial charge in [-0.25, -0.2) is 17.6 Å². The fourth-order valence-corrected chi connectivity index (χ4v) is 0.823. The maximum atomic E-state index is 12.4. The Bertz CT molecular complexity index is 181. The maximum absolute atomic E-state index is 12.4. The van der Waals surface area contributed by atoms with Crippen molar-refractivity contribution in [3.63, 3.8) is 0 Å². The van der Waals surface area contributed by atoms with E-state index in [1.807, 2.05) is 0 Å². The van der Waals surface area contributed by atoms with Gasteiger partial charge in [0.05, 0.1) is 6.42 Å². The third kappa shape index (κ3) is 6.04. The highest BCUT2D eigenvalue weighted by Crippen LogP contribution is 2.39. The Morgan fingerprint density at radius 2 is 1.14 bits per heavy atom. The zero-order valence-corrected chi connectivity index (χ0v) is 6.97. The van der Waals surface area contributed by atoms with Crippen molar-refractivity contribution in [2.45, 2.75) is 37.3 Å². The van der Waals surface area contributed by atoms with E-state index in [2.05, 4.69) is 6.92 Å². The molecule has 1 radical (unpaired) electrons. The molecule has 14 heavy (non-hydrogen) atoms. The van der Waals surface area contributed by atoms with Gasteiger partial charge in [0.25, 0.3) is 11.8 Å². The van der Waals surface area contributed by atoms with Gasteiger partial charge < -0.3 is 0 Å². The molecular weight excluding hydrogens is 217 g/mol. The van der Waals surface area contributed by atoms with Crippen LogP contribution in [0.2, 0.25) is 0 Å². The largest absolute Gasteiger partial charge is 0.394 e. The first-order valence-corrected chi connectivity index (χ1v) is 3.59. The van der Waals surface area contributed by atoms with Crippen molar-refractivity contribution in [3.8, 4) is 0 Å². The molecule has 0 bridgehead atoms. The smallest absolute Gasteiger partial charge is 0.207 e. The summed E-state index contributed by atoms with van der Waals surface area (Å²) in [5.41, 5.74) is 0. The van der Waals surface area contributed by atoms with Crippen LogP contribution in [0.25, 0.3) is 0 Å². The molecule has 0 aliphatic carbocycles. The predicted molar refractivity (Wildman–Crippen MR) is 35.2 cm³/mol. The quantitative estimate of drug-likeness (QED) is 0.638. The first-order valence-electron chi connectivity index (χ1n) is 3.59. The Balaban J connectivity index is 4.35. The van der Waals surface area contributed by atoms with Crippen LogP contribution in [0.5, 0.6) is 0 Å². The average molecular weight is 225 g/mol. The van der Waals surface area contributed by atoms with E-state index in [0.29, 0.717) is 0 Å². The molecule has 0 fully saturated rings.